The van der Waals surface area contributed by atoms with Crippen molar-refractivity contribution < 1.29 is 14.3 Å². The highest BCUT2D eigenvalue weighted by atomic mass is 35.5. The fraction of sp³-hybridized carbons (Fsp3) is 0.350. The minimum atomic E-state index is -0.853. The molecule has 2 aromatic carbocycles. The van der Waals surface area contributed by atoms with Crippen LogP contribution in [0.4, 0.5) is 5.69 Å². The highest BCUT2D eigenvalue weighted by molar-refractivity contribution is 8.18. The van der Waals surface area contributed by atoms with E-state index in [1.807, 2.05) is 55.8 Å². The molecule has 7 heteroatoms. The summed E-state index contributed by atoms with van der Waals surface area (Å²) in [6.07, 6.45) is 2.69. The van der Waals surface area contributed by atoms with E-state index in [4.69, 9.17) is 21.1 Å². The molecule has 1 heterocycles. The molecule has 0 bridgehead atoms. The quantitative estimate of drug-likeness (QED) is 0.463. The molecule has 1 unspecified atom stereocenters. The Kier molecular flexibility index (Phi) is 6.50. The number of alkyl halides is 1. The molecule has 1 aliphatic rings. The summed E-state index contributed by atoms with van der Waals surface area (Å²) in [4.78, 5) is 16.3. The number of anilines is 1. The van der Waals surface area contributed by atoms with Gasteiger partial charge >= 0.3 is 0 Å². The van der Waals surface area contributed by atoms with Crippen molar-refractivity contribution in [2.75, 3.05) is 37.8 Å². The summed E-state index contributed by atoms with van der Waals surface area (Å²) in [5, 5.41) is 0. The smallest absolute Gasteiger partial charge is 0.258 e. The second-order valence-corrected chi connectivity index (χ2v) is 8.92. The van der Waals surface area contributed by atoms with E-state index < -0.39 is 4.08 Å². The van der Waals surface area contributed by atoms with Crippen LogP contribution in [0.25, 0.3) is 0 Å². The third kappa shape index (κ3) is 3.75. The summed E-state index contributed by atoms with van der Waals surface area (Å²) in [5.74, 6) is 1.92. The van der Waals surface area contributed by atoms with Crippen LogP contribution in [0.1, 0.15) is 12.0 Å². The van der Waals surface area contributed by atoms with Crippen molar-refractivity contribution in [1.29, 1.82) is 0 Å². The lowest BCUT2D eigenvalue weighted by Crippen LogP contribution is -2.44. The standard InChI is InChI=1S/C20H22ClNO3S2/c1-22-16-7-4-5-8-18(16)27-20(26-3,19(22)23)15-13-14(24-2)9-10-17(15)25-12-6-11-21/h4-5,7-10,13H,6,11-12H2,1-3H3. The summed E-state index contributed by atoms with van der Waals surface area (Å²) in [6.45, 7) is 0.499. The Bertz CT molecular complexity index is 833. The summed E-state index contributed by atoms with van der Waals surface area (Å²) < 4.78 is 10.6. The number of carbonyl (C=O) groups is 1. The van der Waals surface area contributed by atoms with Gasteiger partial charge in [-0.15, -0.1) is 23.4 Å². The van der Waals surface area contributed by atoms with E-state index in [9.17, 15) is 4.79 Å². The Morgan fingerprint density at radius 1 is 1.26 bits per heavy atom. The van der Waals surface area contributed by atoms with Gasteiger partial charge in [-0.25, -0.2) is 0 Å². The molecule has 0 aromatic heterocycles. The molecule has 27 heavy (non-hydrogen) atoms. The lowest BCUT2D eigenvalue weighted by atomic mass is 10.1. The number of hydrogen-bond acceptors (Lipinski definition) is 5. The van der Waals surface area contributed by atoms with Crippen molar-refractivity contribution in [3.8, 4) is 11.5 Å². The highest BCUT2D eigenvalue weighted by Crippen LogP contribution is 2.58. The van der Waals surface area contributed by atoms with Gasteiger partial charge in [0, 0.05) is 23.4 Å². The minimum Gasteiger partial charge on any atom is -0.497 e. The third-order valence-electron chi connectivity index (χ3n) is 4.43. The summed E-state index contributed by atoms with van der Waals surface area (Å²) in [6, 6.07) is 13.6. The van der Waals surface area contributed by atoms with E-state index in [0.29, 0.717) is 24.0 Å². The highest BCUT2D eigenvalue weighted by Gasteiger charge is 2.49. The van der Waals surface area contributed by atoms with Crippen molar-refractivity contribution in [3.05, 3.63) is 48.0 Å². The molecule has 3 rings (SSSR count). The maximum absolute atomic E-state index is 13.5. The molecule has 0 fully saturated rings. The minimum absolute atomic E-state index is 0.00847. The van der Waals surface area contributed by atoms with E-state index in [1.54, 1.807) is 23.8 Å². The van der Waals surface area contributed by atoms with E-state index in [1.165, 1.54) is 11.8 Å². The first-order valence-corrected chi connectivity index (χ1v) is 11.1. The van der Waals surface area contributed by atoms with Crippen LogP contribution in [-0.4, -0.2) is 38.8 Å². The lowest BCUT2D eigenvalue weighted by molar-refractivity contribution is -0.118. The number of para-hydroxylation sites is 1. The molecule has 0 saturated heterocycles. The number of thioether (sulfide) groups is 2. The first kappa shape index (κ1) is 20.2. The van der Waals surface area contributed by atoms with Crippen molar-refractivity contribution in [1.82, 2.24) is 0 Å². The van der Waals surface area contributed by atoms with Gasteiger partial charge in [0.2, 0.25) is 0 Å². The van der Waals surface area contributed by atoms with Crippen LogP contribution in [0.15, 0.2) is 47.4 Å². The maximum atomic E-state index is 13.5. The van der Waals surface area contributed by atoms with Crippen LogP contribution in [0.3, 0.4) is 0 Å². The topological polar surface area (TPSA) is 38.8 Å². The Balaban J connectivity index is 2.12. The van der Waals surface area contributed by atoms with Gasteiger partial charge in [-0.2, -0.15) is 0 Å². The molecule has 0 saturated carbocycles. The number of likely N-dealkylation sites (N-methyl/N-ethyl adjacent to an activating group) is 1. The van der Waals surface area contributed by atoms with Gasteiger partial charge in [0.15, 0.2) is 4.08 Å². The van der Waals surface area contributed by atoms with E-state index in [-0.39, 0.29) is 5.91 Å². The molecule has 144 valence electrons. The molecule has 4 nitrogen and oxygen atoms in total. The monoisotopic (exact) mass is 423 g/mol. The van der Waals surface area contributed by atoms with E-state index in [2.05, 4.69) is 0 Å². The fourth-order valence-electron chi connectivity index (χ4n) is 3.01. The van der Waals surface area contributed by atoms with Gasteiger partial charge in [-0.05, 0) is 43.0 Å². The predicted molar refractivity (Wildman–Crippen MR) is 115 cm³/mol. The van der Waals surface area contributed by atoms with Crippen molar-refractivity contribution in [2.24, 2.45) is 0 Å². The third-order valence-corrected chi connectivity index (χ3v) is 7.66. The number of methoxy groups -OCH3 is 1. The average Bonchev–Trinajstić information content (AvgIpc) is 2.71. The van der Waals surface area contributed by atoms with Crippen molar-refractivity contribution in [3.63, 3.8) is 0 Å². The van der Waals surface area contributed by atoms with Gasteiger partial charge in [-0.1, -0.05) is 23.9 Å². The molecule has 0 aliphatic carbocycles. The number of benzene rings is 2. The molecule has 1 aliphatic heterocycles. The molecule has 2 aromatic rings. The number of rotatable bonds is 7. The predicted octanol–water partition coefficient (Wildman–Crippen LogP) is 4.99. The number of hydrogen-bond donors (Lipinski definition) is 0. The molecular formula is C20H22ClNO3S2. The summed E-state index contributed by atoms with van der Waals surface area (Å²) >= 11 is 8.84. The molecule has 1 atom stereocenters. The summed E-state index contributed by atoms with van der Waals surface area (Å²) in [7, 11) is 3.44. The first-order chi connectivity index (χ1) is 13.1. The number of carbonyl (C=O) groups excluding carboxylic acids is 1. The Morgan fingerprint density at radius 2 is 2.04 bits per heavy atom. The maximum Gasteiger partial charge on any atom is 0.258 e. The molecular weight excluding hydrogens is 402 g/mol. The lowest BCUT2D eigenvalue weighted by Gasteiger charge is -2.40. The Labute approximate surface area is 173 Å². The van der Waals surface area contributed by atoms with E-state index >= 15 is 0 Å². The first-order valence-electron chi connectivity index (χ1n) is 8.56. The van der Waals surface area contributed by atoms with Crippen LogP contribution in [0.2, 0.25) is 0 Å². The van der Waals surface area contributed by atoms with E-state index in [0.717, 1.165) is 22.6 Å². The average molecular weight is 424 g/mol. The molecule has 0 radical (unpaired) electrons. The summed E-state index contributed by atoms with van der Waals surface area (Å²) in [5.41, 5.74) is 1.73. The van der Waals surface area contributed by atoms with Crippen LogP contribution in [0.5, 0.6) is 11.5 Å². The molecule has 1 amide bonds. The van der Waals surface area contributed by atoms with Gasteiger partial charge in [0.05, 0.1) is 19.4 Å². The van der Waals surface area contributed by atoms with Crippen LogP contribution >= 0.6 is 35.1 Å². The number of amides is 1. The number of ether oxygens (including phenoxy) is 2. The van der Waals surface area contributed by atoms with Crippen molar-refractivity contribution in [2.45, 2.75) is 15.4 Å². The second-order valence-electron chi connectivity index (χ2n) is 6.01. The SMILES string of the molecule is COc1ccc(OCCCCl)c(C2(SC)Sc3ccccc3N(C)C2=O)c1. The van der Waals surface area contributed by atoms with Gasteiger partial charge in [0.1, 0.15) is 11.5 Å². The van der Waals surface area contributed by atoms with Crippen molar-refractivity contribution >= 4 is 46.7 Å². The zero-order chi connectivity index (χ0) is 19.4. The van der Waals surface area contributed by atoms with Gasteiger partial charge < -0.3 is 14.4 Å². The molecule has 0 N–H and O–H groups in total. The number of nitrogens with zero attached hydrogens (tertiary/aromatic N) is 1. The number of halogens is 1. The van der Waals surface area contributed by atoms with Gasteiger partial charge in [0.25, 0.3) is 5.91 Å². The zero-order valence-electron chi connectivity index (χ0n) is 15.5. The normalized spacial score (nSPS) is 19.0. The largest absolute Gasteiger partial charge is 0.497 e. The molecule has 0 spiro atoms. The Morgan fingerprint density at radius 3 is 2.74 bits per heavy atom. The van der Waals surface area contributed by atoms with Crippen LogP contribution < -0.4 is 14.4 Å². The van der Waals surface area contributed by atoms with Gasteiger partial charge in [-0.3, -0.25) is 4.79 Å². The number of fused-ring (bicyclic) bond motifs is 1. The fourth-order valence-corrected chi connectivity index (χ4v) is 5.68. The second kappa shape index (κ2) is 8.67. The van der Waals surface area contributed by atoms with Crippen LogP contribution in [0, 0.1) is 0 Å². The zero-order valence-corrected chi connectivity index (χ0v) is 17.9. The Hall–Kier alpha value is -1.50. The van der Waals surface area contributed by atoms with Crippen LogP contribution in [-0.2, 0) is 8.87 Å².